The van der Waals surface area contributed by atoms with Crippen molar-refractivity contribution in [1.29, 1.82) is 0 Å². The Morgan fingerprint density at radius 1 is 1.31 bits per heavy atom. The monoisotopic (exact) mass is 217 g/mol. The first-order chi connectivity index (χ1) is 7.66. The molecule has 86 valence electrons. The number of benzene rings is 1. The third kappa shape index (κ3) is 2.43. The second-order valence-corrected chi connectivity index (χ2v) is 4.94. The molecule has 2 rings (SSSR count). The number of carbonyl (C=O) groups is 1. The summed E-state index contributed by atoms with van der Waals surface area (Å²) in [5.74, 6) is 0.557. The Kier molecular flexibility index (Phi) is 3.28. The van der Waals surface area contributed by atoms with Crippen LogP contribution >= 0.6 is 0 Å². The second-order valence-electron chi connectivity index (χ2n) is 4.94. The number of aryl methyl sites for hydroxylation is 2. The van der Waals surface area contributed by atoms with Crippen LogP contribution in [0.5, 0.6) is 0 Å². The fraction of sp³-hybridized carbons (Fsp3) is 0.500. The van der Waals surface area contributed by atoms with E-state index in [0.29, 0.717) is 5.92 Å². The van der Waals surface area contributed by atoms with Gasteiger partial charge in [-0.15, -0.1) is 0 Å². The lowest BCUT2D eigenvalue weighted by atomic mass is 10.1. The molecule has 1 N–H and O–H groups in total. The molecule has 2 nitrogen and oxygen atoms in total. The lowest BCUT2D eigenvalue weighted by molar-refractivity contribution is 0.0949. The van der Waals surface area contributed by atoms with Crippen LogP contribution in [0.3, 0.4) is 0 Å². The van der Waals surface area contributed by atoms with E-state index in [9.17, 15) is 4.79 Å². The van der Waals surface area contributed by atoms with E-state index >= 15 is 0 Å². The minimum absolute atomic E-state index is 0.0587. The predicted octanol–water partition coefficient (Wildman–Crippen LogP) is 2.56. The molecule has 0 saturated heterocycles. The van der Waals surface area contributed by atoms with Gasteiger partial charge >= 0.3 is 0 Å². The molecule has 0 atom stereocenters. The van der Waals surface area contributed by atoms with Crippen LogP contribution in [0.2, 0.25) is 0 Å². The van der Waals surface area contributed by atoms with Crippen molar-refractivity contribution in [2.24, 2.45) is 5.92 Å². The summed E-state index contributed by atoms with van der Waals surface area (Å²) in [7, 11) is 0. The Balaban J connectivity index is 2.06. The van der Waals surface area contributed by atoms with Crippen molar-refractivity contribution in [1.82, 2.24) is 5.32 Å². The summed E-state index contributed by atoms with van der Waals surface area (Å²) in [6.45, 7) is 4.95. The fourth-order valence-corrected chi connectivity index (χ4v) is 2.11. The molecule has 0 radical (unpaired) electrons. The molecule has 1 aromatic rings. The zero-order valence-electron chi connectivity index (χ0n) is 10.0. The van der Waals surface area contributed by atoms with E-state index in [4.69, 9.17) is 0 Å². The molecule has 1 aromatic carbocycles. The molecule has 0 fully saturated rings. The smallest absolute Gasteiger partial charge is 0.251 e. The number of hydrogen-bond donors (Lipinski definition) is 1. The molecular weight excluding hydrogens is 198 g/mol. The highest BCUT2D eigenvalue weighted by molar-refractivity contribution is 5.94. The van der Waals surface area contributed by atoms with Crippen LogP contribution in [-0.4, -0.2) is 12.5 Å². The topological polar surface area (TPSA) is 29.1 Å². The van der Waals surface area contributed by atoms with Crippen molar-refractivity contribution in [3.05, 3.63) is 34.9 Å². The van der Waals surface area contributed by atoms with Gasteiger partial charge in [-0.1, -0.05) is 19.9 Å². The van der Waals surface area contributed by atoms with Gasteiger partial charge in [0.2, 0.25) is 0 Å². The molecule has 0 saturated carbocycles. The van der Waals surface area contributed by atoms with E-state index in [0.717, 1.165) is 18.5 Å². The van der Waals surface area contributed by atoms with Gasteiger partial charge in [-0.05, 0) is 48.4 Å². The molecule has 0 aromatic heterocycles. The maximum Gasteiger partial charge on any atom is 0.251 e. The number of hydrogen-bond acceptors (Lipinski definition) is 1. The lowest BCUT2D eigenvalue weighted by Crippen LogP contribution is -2.27. The number of carbonyl (C=O) groups excluding carboxylic acids is 1. The molecular formula is C14H19NO. The average Bonchev–Trinajstić information content (AvgIpc) is 2.72. The van der Waals surface area contributed by atoms with Gasteiger partial charge in [-0.25, -0.2) is 0 Å². The van der Waals surface area contributed by atoms with Crippen LogP contribution in [0, 0.1) is 5.92 Å². The number of amides is 1. The van der Waals surface area contributed by atoms with Crippen molar-refractivity contribution in [2.45, 2.75) is 33.1 Å². The normalized spacial score (nSPS) is 13.9. The van der Waals surface area contributed by atoms with E-state index in [1.54, 1.807) is 0 Å². The van der Waals surface area contributed by atoms with Gasteiger partial charge in [0.1, 0.15) is 0 Å². The van der Waals surface area contributed by atoms with Crippen LogP contribution in [0.1, 0.15) is 41.8 Å². The van der Waals surface area contributed by atoms with Gasteiger partial charge in [-0.3, -0.25) is 4.79 Å². The van der Waals surface area contributed by atoms with E-state index in [2.05, 4.69) is 31.3 Å². The van der Waals surface area contributed by atoms with E-state index in [1.807, 2.05) is 6.07 Å². The van der Waals surface area contributed by atoms with Crippen molar-refractivity contribution in [3.63, 3.8) is 0 Å². The lowest BCUT2D eigenvalue weighted by Gasteiger charge is -2.08. The summed E-state index contributed by atoms with van der Waals surface area (Å²) >= 11 is 0. The summed E-state index contributed by atoms with van der Waals surface area (Å²) in [4.78, 5) is 11.8. The molecule has 1 amide bonds. The first-order valence-electron chi connectivity index (χ1n) is 6.07. The van der Waals surface area contributed by atoms with Crippen molar-refractivity contribution < 1.29 is 4.79 Å². The maximum absolute atomic E-state index is 11.8. The summed E-state index contributed by atoms with van der Waals surface area (Å²) in [6.07, 6.45) is 3.52. The average molecular weight is 217 g/mol. The largest absolute Gasteiger partial charge is 0.352 e. The quantitative estimate of drug-likeness (QED) is 0.828. The molecule has 0 heterocycles. The van der Waals surface area contributed by atoms with Crippen LogP contribution in [0.25, 0.3) is 0 Å². The van der Waals surface area contributed by atoms with Gasteiger partial charge < -0.3 is 5.32 Å². The van der Waals surface area contributed by atoms with Gasteiger partial charge in [0.25, 0.3) is 5.91 Å². The molecule has 0 unspecified atom stereocenters. The molecule has 0 bridgehead atoms. The maximum atomic E-state index is 11.8. The minimum atomic E-state index is 0.0587. The summed E-state index contributed by atoms with van der Waals surface area (Å²) in [5.41, 5.74) is 3.58. The molecule has 2 heteroatoms. The van der Waals surface area contributed by atoms with Crippen LogP contribution in [0.4, 0.5) is 0 Å². The SMILES string of the molecule is CC(C)CNC(=O)c1ccc2c(c1)CCC2. The van der Waals surface area contributed by atoms with E-state index in [-0.39, 0.29) is 5.91 Å². The fourth-order valence-electron chi connectivity index (χ4n) is 2.11. The minimum Gasteiger partial charge on any atom is -0.352 e. The molecule has 0 spiro atoms. The zero-order valence-corrected chi connectivity index (χ0v) is 10.0. The standard InChI is InChI=1S/C14H19NO/c1-10(2)9-15-14(16)13-7-6-11-4-3-5-12(11)8-13/h6-8,10H,3-5,9H2,1-2H3,(H,15,16). The molecule has 1 aliphatic carbocycles. The Morgan fingerprint density at radius 2 is 2.06 bits per heavy atom. The van der Waals surface area contributed by atoms with Gasteiger partial charge in [0, 0.05) is 12.1 Å². The van der Waals surface area contributed by atoms with Gasteiger partial charge in [-0.2, -0.15) is 0 Å². The third-order valence-electron chi connectivity index (χ3n) is 3.03. The summed E-state index contributed by atoms with van der Waals surface area (Å²) < 4.78 is 0. The Labute approximate surface area is 97.1 Å². The number of fused-ring (bicyclic) bond motifs is 1. The zero-order chi connectivity index (χ0) is 11.5. The van der Waals surface area contributed by atoms with E-state index < -0.39 is 0 Å². The highest BCUT2D eigenvalue weighted by Crippen LogP contribution is 2.22. The van der Waals surface area contributed by atoms with Gasteiger partial charge in [0.05, 0.1) is 0 Å². The molecule has 1 aliphatic rings. The number of rotatable bonds is 3. The first kappa shape index (κ1) is 11.2. The number of nitrogens with one attached hydrogen (secondary N) is 1. The second kappa shape index (κ2) is 4.69. The molecule has 16 heavy (non-hydrogen) atoms. The Hall–Kier alpha value is -1.31. The van der Waals surface area contributed by atoms with Gasteiger partial charge in [0.15, 0.2) is 0 Å². The van der Waals surface area contributed by atoms with Crippen LogP contribution in [0.15, 0.2) is 18.2 Å². The van der Waals surface area contributed by atoms with E-state index in [1.165, 1.54) is 24.0 Å². The predicted molar refractivity (Wildman–Crippen MR) is 65.6 cm³/mol. The highest BCUT2D eigenvalue weighted by atomic mass is 16.1. The van der Waals surface area contributed by atoms with Crippen molar-refractivity contribution in [3.8, 4) is 0 Å². The Bertz CT molecular complexity index is 396. The van der Waals surface area contributed by atoms with Crippen molar-refractivity contribution >= 4 is 5.91 Å². The van der Waals surface area contributed by atoms with Crippen LogP contribution < -0.4 is 5.32 Å². The van der Waals surface area contributed by atoms with Crippen molar-refractivity contribution in [2.75, 3.05) is 6.54 Å². The summed E-state index contributed by atoms with van der Waals surface area (Å²) in [5, 5.41) is 2.95. The first-order valence-corrected chi connectivity index (χ1v) is 6.07. The van der Waals surface area contributed by atoms with Crippen LogP contribution in [-0.2, 0) is 12.8 Å². The molecule has 0 aliphatic heterocycles. The third-order valence-corrected chi connectivity index (χ3v) is 3.03. The highest BCUT2D eigenvalue weighted by Gasteiger charge is 2.13. The summed E-state index contributed by atoms with van der Waals surface area (Å²) in [6, 6.07) is 6.10. The Morgan fingerprint density at radius 3 is 2.81 bits per heavy atom.